The normalized spacial score (nSPS) is 15.2. The third kappa shape index (κ3) is 4.65. The Hall–Kier alpha value is -0.730. The molecule has 0 aromatic carbocycles. The molecule has 0 aromatic rings. The fourth-order valence-corrected chi connectivity index (χ4v) is 0.818. The van der Waals surface area contributed by atoms with Gasteiger partial charge in [0.2, 0.25) is 0 Å². The van der Waals surface area contributed by atoms with E-state index in [-0.39, 0.29) is 6.10 Å². The molecule has 0 amide bonds. The van der Waals surface area contributed by atoms with Crippen LogP contribution < -0.4 is 5.73 Å². The number of nitrogens with zero attached hydrogens (tertiary/aromatic N) is 1. The molecule has 0 heterocycles. The standard InChI is InChI=1S/C8H18N2O/c1-5-8(6(2)3)11-10-7(4)9/h6,8H,5H2,1-4H3,(H2,9,10). The minimum Gasteiger partial charge on any atom is -0.391 e. The average molecular weight is 158 g/mol. The van der Waals surface area contributed by atoms with Crippen LogP contribution >= 0.6 is 0 Å². The van der Waals surface area contributed by atoms with Crippen molar-refractivity contribution in [3.63, 3.8) is 0 Å². The summed E-state index contributed by atoms with van der Waals surface area (Å²) in [6.07, 6.45) is 1.16. The second-order valence-corrected chi connectivity index (χ2v) is 3.03. The van der Waals surface area contributed by atoms with E-state index in [0.717, 1.165) is 6.42 Å². The second kappa shape index (κ2) is 4.99. The second-order valence-electron chi connectivity index (χ2n) is 3.03. The van der Waals surface area contributed by atoms with E-state index in [1.807, 2.05) is 0 Å². The number of oxime groups is 1. The molecule has 3 heteroatoms. The van der Waals surface area contributed by atoms with Crippen LogP contribution in [0.1, 0.15) is 34.1 Å². The third-order valence-corrected chi connectivity index (χ3v) is 1.48. The molecule has 0 saturated heterocycles. The topological polar surface area (TPSA) is 47.6 Å². The Kier molecular flexibility index (Phi) is 4.66. The lowest BCUT2D eigenvalue weighted by atomic mass is 10.1. The zero-order valence-electron chi connectivity index (χ0n) is 7.79. The smallest absolute Gasteiger partial charge is 0.136 e. The van der Waals surface area contributed by atoms with Crippen LogP contribution in [0.4, 0.5) is 0 Å². The van der Waals surface area contributed by atoms with Crippen molar-refractivity contribution in [3.8, 4) is 0 Å². The summed E-state index contributed by atoms with van der Waals surface area (Å²) in [5.41, 5.74) is 5.32. The monoisotopic (exact) mass is 158 g/mol. The van der Waals surface area contributed by atoms with Gasteiger partial charge in [-0.1, -0.05) is 25.9 Å². The highest BCUT2D eigenvalue weighted by Gasteiger charge is 2.11. The van der Waals surface area contributed by atoms with Crippen molar-refractivity contribution in [2.24, 2.45) is 16.8 Å². The van der Waals surface area contributed by atoms with Crippen LogP contribution in [0.2, 0.25) is 0 Å². The molecule has 2 N–H and O–H groups in total. The van der Waals surface area contributed by atoms with Gasteiger partial charge in [-0.25, -0.2) is 0 Å². The highest BCUT2D eigenvalue weighted by Crippen LogP contribution is 2.09. The quantitative estimate of drug-likeness (QED) is 0.385. The molecule has 0 aliphatic rings. The van der Waals surface area contributed by atoms with Gasteiger partial charge in [0.15, 0.2) is 0 Å². The molecule has 0 spiro atoms. The lowest BCUT2D eigenvalue weighted by molar-refractivity contribution is 0.0240. The lowest BCUT2D eigenvalue weighted by Crippen LogP contribution is -2.18. The van der Waals surface area contributed by atoms with Gasteiger partial charge in [-0.2, -0.15) is 0 Å². The van der Waals surface area contributed by atoms with Crippen molar-refractivity contribution in [2.45, 2.75) is 40.2 Å². The zero-order valence-corrected chi connectivity index (χ0v) is 7.79. The van der Waals surface area contributed by atoms with E-state index in [0.29, 0.717) is 11.8 Å². The summed E-state index contributed by atoms with van der Waals surface area (Å²) in [6, 6.07) is 0. The van der Waals surface area contributed by atoms with Gasteiger partial charge >= 0.3 is 0 Å². The molecule has 0 bridgehead atoms. The first-order chi connectivity index (χ1) is 5.07. The highest BCUT2D eigenvalue weighted by atomic mass is 16.6. The van der Waals surface area contributed by atoms with Crippen molar-refractivity contribution in [3.05, 3.63) is 0 Å². The Morgan fingerprint density at radius 1 is 1.55 bits per heavy atom. The van der Waals surface area contributed by atoms with Gasteiger partial charge in [0, 0.05) is 0 Å². The summed E-state index contributed by atoms with van der Waals surface area (Å²) in [5.74, 6) is 0.965. The van der Waals surface area contributed by atoms with Gasteiger partial charge in [0.25, 0.3) is 0 Å². The number of nitrogens with two attached hydrogens (primary N) is 1. The molecule has 66 valence electrons. The summed E-state index contributed by atoms with van der Waals surface area (Å²) >= 11 is 0. The summed E-state index contributed by atoms with van der Waals surface area (Å²) in [4.78, 5) is 5.18. The number of rotatable bonds is 4. The first kappa shape index (κ1) is 10.3. The Labute approximate surface area is 68.6 Å². The van der Waals surface area contributed by atoms with Gasteiger partial charge in [0.05, 0.1) is 0 Å². The van der Waals surface area contributed by atoms with Crippen molar-refractivity contribution in [2.75, 3.05) is 0 Å². The molecule has 1 unspecified atom stereocenters. The number of hydrogen-bond acceptors (Lipinski definition) is 2. The molecule has 0 rings (SSSR count). The Morgan fingerprint density at radius 2 is 2.09 bits per heavy atom. The number of amidine groups is 1. The first-order valence-electron chi connectivity index (χ1n) is 4.03. The fourth-order valence-electron chi connectivity index (χ4n) is 0.818. The first-order valence-corrected chi connectivity index (χ1v) is 4.03. The van der Waals surface area contributed by atoms with Crippen molar-refractivity contribution in [1.29, 1.82) is 0 Å². The molecular weight excluding hydrogens is 140 g/mol. The average Bonchev–Trinajstić information content (AvgIpc) is 1.87. The van der Waals surface area contributed by atoms with E-state index in [4.69, 9.17) is 10.6 Å². The SMILES string of the molecule is CCC(O/N=C(/C)N)C(C)C. The molecule has 1 atom stereocenters. The third-order valence-electron chi connectivity index (χ3n) is 1.48. The molecule has 0 aliphatic heterocycles. The van der Waals surface area contributed by atoms with E-state index < -0.39 is 0 Å². The van der Waals surface area contributed by atoms with Crippen LogP contribution in [0, 0.1) is 5.92 Å². The maximum absolute atomic E-state index is 5.32. The Balaban J connectivity index is 3.79. The van der Waals surface area contributed by atoms with Gasteiger partial charge in [-0.15, -0.1) is 0 Å². The molecule has 0 radical (unpaired) electrons. The summed E-state index contributed by atoms with van der Waals surface area (Å²) < 4.78 is 0. The van der Waals surface area contributed by atoms with E-state index in [1.165, 1.54) is 0 Å². The van der Waals surface area contributed by atoms with Crippen LogP contribution in [0.15, 0.2) is 5.16 Å². The van der Waals surface area contributed by atoms with Gasteiger partial charge in [0.1, 0.15) is 11.9 Å². The van der Waals surface area contributed by atoms with Crippen LogP contribution in [0.5, 0.6) is 0 Å². The molecule has 11 heavy (non-hydrogen) atoms. The van der Waals surface area contributed by atoms with Gasteiger partial charge in [-0.05, 0) is 19.3 Å². The molecule has 0 fully saturated rings. The van der Waals surface area contributed by atoms with Crippen molar-refractivity contribution in [1.82, 2.24) is 0 Å². The summed E-state index contributed by atoms with van der Waals surface area (Å²) in [7, 11) is 0. The van der Waals surface area contributed by atoms with Crippen LogP contribution in [-0.2, 0) is 4.84 Å². The molecule has 0 aliphatic carbocycles. The predicted molar refractivity (Wildman–Crippen MR) is 47.3 cm³/mol. The van der Waals surface area contributed by atoms with Crippen molar-refractivity contribution < 1.29 is 4.84 Å². The predicted octanol–water partition coefficient (Wildman–Crippen LogP) is 1.73. The van der Waals surface area contributed by atoms with E-state index in [9.17, 15) is 0 Å². The Morgan fingerprint density at radius 3 is 2.36 bits per heavy atom. The van der Waals surface area contributed by atoms with Gasteiger partial charge < -0.3 is 10.6 Å². The maximum atomic E-state index is 5.32. The molecular formula is C8H18N2O. The molecule has 0 aromatic heterocycles. The fraction of sp³-hybridized carbons (Fsp3) is 0.875. The Bertz CT molecular complexity index is 128. The summed E-state index contributed by atoms with van der Waals surface area (Å²) in [5, 5.41) is 3.71. The van der Waals surface area contributed by atoms with Crippen LogP contribution in [0.25, 0.3) is 0 Å². The molecule has 0 saturated carbocycles. The van der Waals surface area contributed by atoms with E-state index in [2.05, 4.69) is 25.9 Å². The lowest BCUT2D eigenvalue weighted by Gasteiger charge is -2.16. The zero-order chi connectivity index (χ0) is 8.85. The largest absolute Gasteiger partial charge is 0.391 e. The van der Waals surface area contributed by atoms with Gasteiger partial charge in [-0.3, -0.25) is 0 Å². The minimum absolute atomic E-state index is 0.188. The maximum Gasteiger partial charge on any atom is 0.136 e. The van der Waals surface area contributed by atoms with Crippen LogP contribution in [-0.4, -0.2) is 11.9 Å². The van der Waals surface area contributed by atoms with E-state index in [1.54, 1.807) is 6.92 Å². The highest BCUT2D eigenvalue weighted by molar-refractivity contribution is 5.76. The minimum atomic E-state index is 0.188. The number of hydrogen-bond donors (Lipinski definition) is 1. The summed E-state index contributed by atoms with van der Waals surface area (Å²) in [6.45, 7) is 8.00. The van der Waals surface area contributed by atoms with Crippen LogP contribution in [0.3, 0.4) is 0 Å². The molecule has 3 nitrogen and oxygen atoms in total. The van der Waals surface area contributed by atoms with Crippen molar-refractivity contribution >= 4 is 5.84 Å². The van der Waals surface area contributed by atoms with E-state index >= 15 is 0 Å².